The Kier molecular flexibility index (Phi) is 7.57. The van der Waals surface area contributed by atoms with Crippen molar-refractivity contribution in [2.24, 2.45) is 5.92 Å². The van der Waals surface area contributed by atoms with Crippen LogP contribution in [0.25, 0.3) is 11.1 Å². The van der Waals surface area contributed by atoms with E-state index in [9.17, 15) is 19.2 Å². The fraction of sp³-hybridized carbons (Fsp3) is 0.405. The van der Waals surface area contributed by atoms with E-state index < -0.39 is 35.6 Å². The third-order valence-electron chi connectivity index (χ3n) is 10.3. The van der Waals surface area contributed by atoms with Crippen molar-refractivity contribution in [3.8, 4) is 11.1 Å². The highest BCUT2D eigenvalue weighted by molar-refractivity contribution is 6.09. The number of amides is 3. The number of nitrogens with one attached hydrogen (secondary N) is 1. The lowest BCUT2D eigenvalue weighted by Crippen LogP contribution is -2.56. The Morgan fingerprint density at radius 1 is 0.935 bits per heavy atom. The number of hydrogen-bond donors (Lipinski definition) is 1. The molecule has 3 heterocycles. The van der Waals surface area contributed by atoms with Crippen LogP contribution in [0.5, 0.6) is 0 Å². The molecule has 0 aromatic heterocycles. The second kappa shape index (κ2) is 11.6. The summed E-state index contributed by atoms with van der Waals surface area (Å²) < 4.78 is 11.2. The van der Waals surface area contributed by atoms with Crippen molar-refractivity contribution in [2.75, 3.05) is 25.6 Å². The first kappa shape index (κ1) is 30.0. The van der Waals surface area contributed by atoms with E-state index in [2.05, 4.69) is 29.6 Å². The van der Waals surface area contributed by atoms with Crippen LogP contribution < -0.4 is 5.32 Å². The maximum absolute atomic E-state index is 14.7. The Balaban J connectivity index is 1.17. The first-order chi connectivity index (χ1) is 22.3. The van der Waals surface area contributed by atoms with Crippen molar-refractivity contribution in [3.05, 3.63) is 89.5 Å². The zero-order valence-corrected chi connectivity index (χ0v) is 26.4. The normalized spacial score (nSPS) is 24.6. The zero-order valence-electron chi connectivity index (χ0n) is 26.4. The van der Waals surface area contributed by atoms with Gasteiger partial charge in [0.15, 0.2) is 0 Å². The van der Waals surface area contributed by atoms with Gasteiger partial charge in [-0.3, -0.25) is 14.5 Å². The number of nitrogens with zero attached hydrogens (tertiary/aromatic N) is 2. The van der Waals surface area contributed by atoms with Gasteiger partial charge in [-0.15, -0.1) is 0 Å². The number of ether oxygens (including phenoxy) is 2. The summed E-state index contributed by atoms with van der Waals surface area (Å²) in [4.78, 5) is 58.7. The van der Waals surface area contributed by atoms with Crippen molar-refractivity contribution >= 4 is 29.6 Å². The van der Waals surface area contributed by atoms with Gasteiger partial charge < -0.3 is 19.7 Å². The highest BCUT2D eigenvalue weighted by atomic mass is 16.6. The molecular weight excluding hydrogens is 582 g/mol. The molecule has 1 spiro atoms. The molecule has 4 aliphatic rings. The summed E-state index contributed by atoms with van der Waals surface area (Å²) in [5.74, 6) is -1.12. The van der Waals surface area contributed by atoms with E-state index in [0.29, 0.717) is 31.5 Å². The van der Waals surface area contributed by atoms with E-state index in [4.69, 9.17) is 9.47 Å². The van der Waals surface area contributed by atoms with Crippen LogP contribution in [0.15, 0.2) is 72.8 Å². The molecule has 2 saturated heterocycles. The highest BCUT2D eigenvalue weighted by Crippen LogP contribution is 2.53. The van der Waals surface area contributed by atoms with Gasteiger partial charge >= 0.3 is 12.1 Å². The molecule has 0 bridgehead atoms. The predicted molar refractivity (Wildman–Crippen MR) is 172 cm³/mol. The molecule has 3 aromatic carbocycles. The number of anilines is 1. The maximum Gasteiger partial charge on any atom is 0.410 e. The number of methoxy groups -OCH3 is 1. The van der Waals surface area contributed by atoms with Crippen LogP contribution in [0.1, 0.15) is 62.1 Å². The van der Waals surface area contributed by atoms with Crippen LogP contribution in [-0.4, -0.2) is 72.1 Å². The molecule has 46 heavy (non-hydrogen) atoms. The summed E-state index contributed by atoms with van der Waals surface area (Å²) in [6.45, 7) is 4.60. The summed E-state index contributed by atoms with van der Waals surface area (Å²) in [5.41, 5.74) is 4.87. The van der Waals surface area contributed by atoms with Gasteiger partial charge in [0.2, 0.25) is 11.8 Å². The second-order valence-electron chi connectivity index (χ2n) is 13.3. The van der Waals surface area contributed by atoms with E-state index >= 15 is 0 Å². The lowest BCUT2D eigenvalue weighted by atomic mass is 9.72. The topological polar surface area (TPSA) is 105 Å². The zero-order chi connectivity index (χ0) is 32.2. The Labute approximate surface area is 268 Å². The van der Waals surface area contributed by atoms with Crippen molar-refractivity contribution < 1.29 is 28.7 Å². The van der Waals surface area contributed by atoms with Gasteiger partial charge in [-0.25, -0.2) is 9.59 Å². The fourth-order valence-electron chi connectivity index (χ4n) is 8.36. The van der Waals surface area contributed by atoms with Crippen molar-refractivity contribution in [1.29, 1.82) is 0 Å². The predicted octanol–water partition coefficient (Wildman–Crippen LogP) is 5.48. The minimum Gasteiger partial charge on any atom is -0.467 e. The molecule has 0 saturated carbocycles. The van der Waals surface area contributed by atoms with E-state index in [1.54, 1.807) is 4.90 Å². The fourth-order valence-corrected chi connectivity index (χ4v) is 8.36. The number of para-hydroxylation sites is 1. The van der Waals surface area contributed by atoms with Crippen LogP contribution in [0.2, 0.25) is 0 Å². The number of carbonyl (C=O) groups excluding carboxylic acids is 4. The number of esters is 1. The Morgan fingerprint density at radius 3 is 2.26 bits per heavy atom. The molecule has 9 heteroatoms. The van der Waals surface area contributed by atoms with Crippen molar-refractivity contribution in [3.63, 3.8) is 0 Å². The van der Waals surface area contributed by atoms with E-state index in [-0.39, 0.29) is 36.7 Å². The minimum atomic E-state index is -1.11. The summed E-state index contributed by atoms with van der Waals surface area (Å²) in [5, 5.41) is 3.01. The molecule has 0 radical (unpaired) electrons. The van der Waals surface area contributed by atoms with Crippen LogP contribution in [0.4, 0.5) is 10.5 Å². The van der Waals surface area contributed by atoms with Crippen LogP contribution in [-0.2, 0) is 29.3 Å². The smallest absolute Gasteiger partial charge is 0.410 e. The van der Waals surface area contributed by atoms with E-state index in [0.717, 1.165) is 27.8 Å². The molecule has 238 valence electrons. The van der Waals surface area contributed by atoms with Gasteiger partial charge in [-0.2, -0.15) is 0 Å². The lowest BCUT2D eigenvalue weighted by molar-refractivity contribution is -0.154. The quantitative estimate of drug-likeness (QED) is 0.366. The van der Waals surface area contributed by atoms with Crippen LogP contribution in [0.3, 0.4) is 0 Å². The van der Waals surface area contributed by atoms with E-state index in [1.165, 1.54) is 12.0 Å². The minimum absolute atomic E-state index is 0.105. The molecule has 3 aliphatic heterocycles. The number of benzene rings is 3. The van der Waals surface area contributed by atoms with Gasteiger partial charge in [0.1, 0.15) is 18.7 Å². The number of rotatable bonds is 6. The molecule has 9 nitrogen and oxygen atoms in total. The number of fused-ring (bicyclic) bond motifs is 5. The van der Waals surface area contributed by atoms with Crippen molar-refractivity contribution in [1.82, 2.24) is 9.80 Å². The summed E-state index contributed by atoms with van der Waals surface area (Å²) >= 11 is 0. The summed E-state index contributed by atoms with van der Waals surface area (Å²) in [6.07, 6.45) is 1.13. The number of hydrogen-bond acceptors (Lipinski definition) is 6. The van der Waals surface area contributed by atoms with Gasteiger partial charge in [-0.1, -0.05) is 80.6 Å². The monoisotopic (exact) mass is 621 g/mol. The Morgan fingerprint density at radius 2 is 1.59 bits per heavy atom. The molecular formula is C37H39N3O6. The molecule has 3 amide bonds. The van der Waals surface area contributed by atoms with Gasteiger partial charge in [0.25, 0.3) is 0 Å². The molecule has 0 unspecified atom stereocenters. The molecule has 2 fully saturated rings. The van der Waals surface area contributed by atoms with Gasteiger partial charge in [0.05, 0.1) is 18.6 Å². The van der Waals surface area contributed by atoms with Crippen LogP contribution in [0, 0.1) is 5.92 Å². The molecule has 4 atom stereocenters. The largest absolute Gasteiger partial charge is 0.467 e. The first-order valence-electron chi connectivity index (χ1n) is 16.2. The molecule has 1 N–H and O–H groups in total. The second-order valence-corrected chi connectivity index (χ2v) is 13.3. The highest BCUT2D eigenvalue weighted by Gasteiger charge is 2.64. The average Bonchev–Trinajstić information content (AvgIpc) is 3.82. The maximum atomic E-state index is 14.7. The lowest BCUT2D eigenvalue weighted by Gasteiger charge is -2.38. The molecule has 7 rings (SSSR count). The van der Waals surface area contributed by atoms with Crippen molar-refractivity contribution in [2.45, 2.75) is 69.0 Å². The third kappa shape index (κ3) is 4.58. The van der Waals surface area contributed by atoms with Crippen LogP contribution >= 0.6 is 0 Å². The third-order valence-corrected chi connectivity index (χ3v) is 10.3. The van der Waals surface area contributed by atoms with E-state index in [1.807, 2.05) is 62.4 Å². The number of carbonyl (C=O) groups is 4. The molecule has 3 aromatic rings. The standard InChI is InChI=1S/C37H39N3O6/c1-22(2)19-32-37(28-15-8-9-16-29(28)38-35(37)43)20-31(34(42)45-3)40(32)33(41)30-17-10-18-39(30)36(44)46-21-27-25-13-6-4-11-23(25)24-12-5-7-14-26(24)27/h4-9,11-16,22,27,30-32H,10,17-21H2,1-3H3,(H,38,43)/t30-,31-,32-,37-/m0/s1. The first-order valence-corrected chi connectivity index (χ1v) is 16.2. The summed E-state index contributed by atoms with van der Waals surface area (Å²) in [7, 11) is 1.30. The van der Waals surface area contributed by atoms with Gasteiger partial charge in [0, 0.05) is 18.2 Å². The molecule has 1 aliphatic carbocycles. The summed E-state index contributed by atoms with van der Waals surface area (Å²) in [6, 6.07) is 21.4. The number of likely N-dealkylation sites (tertiary alicyclic amines) is 2. The Bertz CT molecular complexity index is 1670. The van der Waals surface area contributed by atoms with Gasteiger partial charge in [-0.05, 0) is 65.5 Å². The Hall–Kier alpha value is -4.66. The average molecular weight is 622 g/mol. The SMILES string of the molecule is COC(=O)[C@@H]1C[C@@]2(C(=O)Nc3ccccc32)[C@H](CC(C)C)N1C(=O)[C@@H]1CCCN1C(=O)OCC1c2ccccc2-c2ccccc21.